The number of amides is 1. The molecule has 0 bridgehead atoms. The maximum Gasteiger partial charge on any atom is 0.258 e. The summed E-state index contributed by atoms with van der Waals surface area (Å²) in [6, 6.07) is 10.3. The predicted molar refractivity (Wildman–Crippen MR) is 160 cm³/mol. The number of hydrazine groups is 1. The highest BCUT2D eigenvalue weighted by molar-refractivity contribution is 5.91. The van der Waals surface area contributed by atoms with Crippen LogP contribution in [0.25, 0.3) is 6.08 Å². The van der Waals surface area contributed by atoms with Crippen LogP contribution >= 0.6 is 0 Å². The Kier molecular flexibility index (Phi) is 12.5. The zero-order valence-corrected chi connectivity index (χ0v) is 24.6. The van der Waals surface area contributed by atoms with Gasteiger partial charge in [-0.2, -0.15) is 0 Å². The molecule has 1 N–H and O–H groups in total. The van der Waals surface area contributed by atoms with Crippen molar-refractivity contribution < 1.29 is 19.0 Å². The Bertz CT molecular complexity index is 1050. The quantitative estimate of drug-likeness (QED) is 0.212. The number of rotatable bonds is 15. The molecule has 1 heterocycles. The summed E-state index contributed by atoms with van der Waals surface area (Å²) in [5, 5.41) is 1.98. The van der Waals surface area contributed by atoms with Gasteiger partial charge in [0.25, 0.3) is 5.91 Å². The molecular formula is C32H47N3O4. The summed E-state index contributed by atoms with van der Waals surface area (Å²) in [4.78, 5) is 15.0. The van der Waals surface area contributed by atoms with Crippen LogP contribution in [0.1, 0.15) is 68.6 Å². The van der Waals surface area contributed by atoms with Crippen LogP contribution in [0.5, 0.6) is 17.2 Å². The summed E-state index contributed by atoms with van der Waals surface area (Å²) in [6.45, 7) is 10.4. The summed E-state index contributed by atoms with van der Waals surface area (Å²) < 4.78 is 17.2. The second-order valence-electron chi connectivity index (χ2n) is 10.3. The number of hydrogen-bond donors (Lipinski definition) is 1. The van der Waals surface area contributed by atoms with Crippen LogP contribution in [0.3, 0.4) is 0 Å². The summed E-state index contributed by atoms with van der Waals surface area (Å²) in [5.74, 6) is 1.64. The van der Waals surface area contributed by atoms with Gasteiger partial charge in [0.05, 0.1) is 20.8 Å². The van der Waals surface area contributed by atoms with Gasteiger partial charge in [-0.25, -0.2) is 5.01 Å². The van der Waals surface area contributed by atoms with Crippen molar-refractivity contribution in [3.05, 3.63) is 53.1 Å². The molecule has 1 fully saturated rings. The van der Waals surface area contributed by atoms with Gasteiger partial charge >= 0.3 is 0 Å². The second kappa shape index (κ2) is 16.0. The minimum Gasteiger partial charge on any atom is -0.493 e. The Hall–Kier alpha value is -3.19. The molecule has 7 nitrogen and oxygen atoms in total. The Labute approximate surface area is 235 Å². The van der Waals surface area contributed by atoms with Gasteiger partial charge in [-0.1, -0.05) is 63.1 Å². The zero-order valence-electron chi connectivity index (χ0n) is 24.6. The van der Waals surface area contributed by atoms with Crippen molar-refractivity contribution in [3.8, 4) is 17.2 Å². The van der Waals surface area contributed by atoms with Crippen LogP contribution in [0, 0.1) is 13.8 Å². The smallest absolute Gasteiger partial charge is 0.258 e. The van der Waals surface area contributed by atoms with E-state index in [0.29, 0.717) is 23.9 Å². The summed E-state index contributed by atoms with van der Waals surface area (Å²) >= 11 is 0. The SMILES string of the molecule is CCCCCCCCCOc1c(OC)cc(C=CC(=O)NN2CCN(c3ccc(C)cc3C)CC2)cc1OC. The lowest BCUT2D eigenvalue weighted by Gasteiger charge is -2.36. The molecule has 7 heteroatoms. The molecule has 0 radical (unpaired) electrons. The Morgan fingerprint density at radius 1 is 0.897 bits per heavy atom. The zero-order chi connectivity index (χ0) is 28.0. The van der Waals surface area contributed by atoms with Gasteiger partial charge in [0.15, 0.2) is 11.5 Å². The molecule has 0 unspecified atom stereocenters. The highest BCUT2D eigenvalue weighted by Gasteiger charge is 2.19. The van der Waals surface area contributed by atoms with Crippen LogP contribution in [0.2, 0.25) is 0 Å². The maximum atomic E-state index is 12.6. The van der Waals surface area contributed by atoms with Crippen molar-refractivity contribution in [2.24, 2.45) is 0 Å². The summed E-state index contributed by atoms with van der Waals surface area (Å²) in [6.07, 6.45) is 11.9. The number of piperazine rings is 1. The minimum atomic E-state index is -0.160. The van der Waals surface area contributed by atoms with E-state index in [-0.39, 0.29) is 5.91 Å². The van der Waals surface area contributed by atoms with E-state index in [2.05, 4.69) is 49.3 Å². The standard InChI is InChI=1S/C32H47N3O4/c1-6-7-8-9-10-11-12-21-39-32-29(37-4)23-27(24-30(32)38-5)14-16-31(36)33-35-19-17-34(18-20-35)28-15-13-25(2)22-26(28)3/h13-16,22-24H,6-12,17-21H2,1-5H3,(H,33,36). The number of aryl methyl sites for hydroxylation is 2. The summed E-state index contributed by atoms with van der Waals surface area (Å²) in [5.41, 5.74) is 7.64. The number of methoxy groups -OCH3 is 2. The van der Waals surface area contributed by atoms with Gasteiger partial charge in [-0.05, 0) is 55.7 Å². The van der Waals surface area contributed by atoms with Crippen molar-refractivity contribution in [2.75, 3.05) is 51.9 Å². The number of nitrogens with zero attached hydrogens (tertiary/aromatic N) is 2. The monoisotopic (exact) mass is 537 g/mol. The number of anilines is 1. The number of hydrogen-bond acceptors (Lipinski definition) is 6. The number of nitrogens with one attached hydrogen (secondary N) is 1. The third-order valence-corrected chi connectivity index (χ3v) is 7.15. The van der Waals surface area contributed by atoms with E-state index in [4.69, 9.17) is 14.2 Å². The van der Waals surface area contributed by atoms with E-state index in [1.807, 2.05) is 17.1 Å². The second-order valence-corrected chi connectivity index (χ2v) is 10.3. The van der Waals surface area contributed by atoms with Crippen molar-refractivity contribution in [2.45, 2.75) is 65.7 Å². The number of carbonyl (C=O) groups excluding carboxylic acids is 1. The molecule has 1 aliphatic heterocycles. The Morgan fingerprint density at radius 2 is 1.54 bits per heavy atom. The van der Waals surface area contributed by atoms with E-state index >= 15 is 0 Å². The lowest BCUT2D eigenvalue weighted by atomic mass is 10.1. The molecule has 0 saturated carbocycles. The van der Waals surface area contributed by atoms with Crippen molar-refractivity contribution in [1.82, 2.24) is 10.4 Å². The van der Waals surface area contributed by atoms with E-state index in [1.54, 1.807) is 26.4 Å². The lowest BCUT2D eigenvalue weighted by Crippen LogP contribution is -2.53. The van der Waals surface area contributed by atoms with Gasteiger partial charge in [-0.3, -0.25) is 10.2 Å². The lowest BCUT2D eigenvalue weighted by molar-refractivity contribution is -0.121. The highest BCUT2D eigenvalue weighted by Crippen LogP contribution is 2.39. The number of unbranched alkanes of at least 4 members (excludes halogenated alkanes) is 6. The first-order chi connectivity index (χ1) is 18.9. The minimum absolute atomic E-state index is 0.160. The number of carbonyl (C=O) groups is 1. The average Bonchev–Trinajstić information content (AvgIpc) is 2.94. The van der Waals surface area contributed by atoms with Crippen molar-refractivity contribution in [1.29, 1.82) is 0 Å². The fourth-order valence-electron chi connectivity index (χ4n) is 4.96. The molecule has 1 saturated heterocycles. The molecule has 39 heavy (non-hydrogen) atoms. The molecule has 0 aromatic heterocycles. The van der Waals surface area contributed by atoms with Crippen LogP contribution in [0.4, 0.5) is 5.69 Å². The van der Waals surface area contributed by atoms with Gasteiger partial charge in [-0.15, -0.1) is 0 Å². The average molecular weight is 538 g/mol. The van der Waals surface area contributed by atoms with Crippen molar-refractivity contribution >= 4 is 17.7 Å². The Balaban J connectivity index is 1.49. The normalized spacial score (nSPS) is 14.0. The molecule has 3 rings (SSSR count). The Morgan fingerprint density at radius 3 is 2.15 bits per heavy atom. The molecule has 2 aromatic carbocycles. The molecule has 0 spiro atoms. The molecular weight excluding hydrogens is 490 g/mol. The first kappa shape index (κ1) is 30.4. The molecule has 0 aliphatic carbocycles. The molecule has 1 amide bonds. The van der Waals surface area contributed by atoms with Crippen LogP contribution in [-0.4, -0.2) is 57.9 Å². The van der Waals surface area contributed by atoms with E-state index in [9.17, 15) is 4.79 Å². The third kappa shape index (κ3) is 9.50. The van der Waals surface area contributed by atoms with Gasteiger partial charge < -0.3 is 19.1 Å². The molecule has 0 atom stereocenters. The summed E-state index contributed by atoms with van der Waals surface area (Å²) in [7, 11) is 3.24. The van der Waals surface area contributed by atoms with E-state index in [0.717, 1.165) is 44.6 Å². The fourth-order valence-corrected chi connectivity index (χ4v) is 4.96. The van der Waals surface area contributed by atoms with Crippen LogP contribution in [-0.2, 0) is 4.79 Å². The fraction of sp³-hybridized carbons (Fsp3) is 0.531. The highest BCUT2D eigenvalue weighted by atomic mass is 16.5. The number of benzene rings is 2. The number of ether oxygens (including phenoxy) is 3. The molecule has 214 valence electrons. The molecule has 2 aromatic rings. The van der Waals surface area contributed by atoms with E-state index < -0.39 is 0 Å². The van der Waals surface area contributed by atoms with Crippen LogP contribution in [0.15, 0.2) is 36.4 Å². The third-order valence-electron chi connectivity index (χ3n) is 7.15. The molecule has 1 aliphatic rings. The topological polar surface area (TPSA) is 63.3 Å². The van der Waals surface area contributed by atoms with Crippen molar-refractivity contribution in [3.63, 3.8) is 0 Å². The first-order valence-electron chi connectivity index (χ1n) is 14.4. The predicted octanol–water partition coefficient (Wildman–Crippen LogP) is 6.32. The van der Waals surface area contributed by atoms with Gasteiger partial charge in [0.2, 0.25) is 5.75 Å². The van der Waals surface area contributed by atoms with Crippen LogP contribution < -0.4 is 24.5 Å². The maximum absolute atomic E-state index is 12.6. The van der Waals surface area contributed by atoms with Gasteiger partial charge in [0.1, 0.15) is 0 Å². The van der Waals surface area contributed by atoms with Gasteiger partial charge in [0, 0.05) is 37.9 Å². The largest absolute Gasteiger partial charge is 0.493 e. The van der Waals surface area contributed by atoms with E-state index in [1.165, 1.54) is 48.9 Å². The first-order valence-corrected chi connectivity index (χ1v) is 14.4.